The fourth-order valence-corrected chi connectivity index (χ4v) is 2.88. The lowest BCUT2D eigenvalue weighted by molar-refractivity contribution is 0.257. The molecule has 86 valence electrons. The van der Waals surface area contributed by atoms with Crippen molar-refractivity contribution >= 4 is 21.6 Å². The molecular formula is C8H18ClNO3S. The highest BCUT2D eigenvalue weighted by Crippen LogP contribution is 2.04. The molecule has 0 aromatic rings. The number of rotatable bonds is 8. The highest BCUT2D eigenvalue weighted by molar-refractivity contribution is 7.89. The minimum absolute atomic E-state index is 0.119. The summed E-state index contributed by atoms with van der Waals surface area (Å²) in [6, 6.07) is 0. The van der Waals surface area contributed by atoms with E-state index in [0.717, 1.165) is 0 Å². The Balaban J connectivity index is 4.12. The summed E-state index contributed by atoms with van der Waals surface area (Å²) < 4.78 is 24.5. The number of alkyl halides is 1. The second-order valence-electron chi connectivity index (χ2n) is 2.93. The van der Waals surface area contributed by atoms with E-state index in [-0.39, 0.29) is 18.9 Å². The number of hydrogen-bond donors (Lipinski definition) is 1. The molecule has 0 aromatic carbocycles. The van der Waals surface area contributed by atoms with Crippen molar-refractivity contribution in [3.05, 3.63) is 0 Å². The van der Waals surface area contributed by atoms with Crippen molar-refractivity contribution in [2.45, 2.75) is 19.8 Å². The van der Waals surface area contributed by atoms with Crippen LogP contribution in [0.5, 0.6) is 0 Å². The van der Waals surface area contributed by atoms with Gasteiger partial charge in [-0.05, 0) is 12.8 Å². The molecular weight excluding hydrogens is 226 g/mol. The van der Waals surface area contributed by atoms with Crippen LogP contribution in [0.2, 0.25) is 0 Å². The van der Waals surface area contributed by atoms with Crippen LogP contribution >= 0.6 is 11.6 Å². The van der Waals surface area contributed by atoms with E-state index in [4.69, 9.17) is 16.7 Å². The monoisotopic (exact) mass is 243 g/mol. The first kappa shape index (κ1) is 14.2. The maximum Gasteiger partial charge on any atom is 0.214 e. The second kappa shape index (κ2) is 7.45. The predicted molar refractivity (Wildman–Crippen MR) is 58.1 cm³/mol. The topological polar surface area (TPSA) is 57.6 Å². The zero-order valence-electron chi connectivity index (χ0n) is 8.45. The molecule has 4 nitrogen and oxygen atoms in total. The van der Waals surface area contributed by atoms with Crippen LogP contribution in [0.1, 0.15) is 19.8 Å². The van der Waals surface area contributed by atoms with Crippen LogP contribution in [-0.2, 0) is 10.0 Å². The molecule has 14 heavy (non-hydrogen) atoms. The van der Waals surface area contributed by atoms with Crippen molar-refractivity contribution in [1.29, 1.82) is 0 Å². The molecule has 0 bridgehead atoms. The lowest BCUT2D eigenvalue weighted by Gasteiger charge is -2.18. The van der Waals surface area contributed by atoms with Crippen LogP contribution in [0.3, 0.4) is 0 Å². The number of nitrogens with zero attached hydrogens (tertiary/aromatic N) is 1. The number of halogens is 1. The van der Waals surface area contributed by atoms with Gasteiger partial charge in [0, 0.05) is 19.0 Å². The van der Waals surface area contributed by atoms with Crippen molar-refractivity contribution in [2.75, 3.05) is 31.3 Å². The van der Waals surface area contributed by atoms with Gasteiger partial charge in [0.25, 0.3) is 0 Å². The van der Waals surface area contributed by atoms with Gasteiger partial charge in [0.05, 0.1) is 12.4 Å². The number of sulfonamides is 1. The fraction of sp³-hybridized carbons (Fsp3) is 1.00. The zero-order valence-corrected chi connectivity index (χ0v) is 10.0. The summed E-state index contributed by atoms with van der Waals surface area (Å²) in [6.45, 7) is 2.21. The molecule has 0 unspecified atom stereocenters. The normalized spacial score (nSPS) is 12.3. The molecule has 6 heteroatoms. The third-order valence-electron chi connectivity index (χ3n) is 1.88. The van der Waals surface area contributed by atoms with Gasteiger partial charge in [-0.2, -0.15) is 4.31 Å². The quantitative estimate of drug-likeness (QED) is 0.503. The maximum absolute atomic E-state index is 11.6. The summed E-state index contributed by atoms with van der Waals surface area (Å²) in [5, 5.41) is 8.68. The lowest BCUT2D eigenvalue weighted by atomic mass is 10.4. The van der Waals surface area contributed by atoms with Gasteiger partial charge >= 0.3 is 0 Å². The van der Waals surface area contributed by atoms with E-state index in [1.165, 1.54) is 4.31 Å². The van der Waals surface area contributed by atoms with Crippen LogP contribution in [0.25, 0.3) is 0 Å². The first-order valence-electron chi connectivity index (χ1n) is 4.73. The first-order chi connectivity index (χ1) is 6.58. The number of hydrogen-bond acceptors (Lipinski definition) is 3. The number of aliphatic hydroxyl groups excluding tert-OH is 1. The Morgan fingerprint density at radius 1 is 1.36 bits per heavy atom. The van der Waals surface area contributed by atoms with Gasteiger partial charge in [0.2, 0.25) is 10.0 Å². The Bertz CT molecular complexity index is 231. The van der Waals surface area contributed by atoms with Crippen molar-refractivity contribution in [3.8, 4) is 0 Å². The van der Waals surface area contributed by atoms with Crippen LogP contribution in [0, 0.1) is 0 Å². The van der Waals surface area contributed by atoms with Gasteiger partial charge < -0.3 is 5.11 Å². The van der Waals surface area contributed by atoms with E-state index < -0.39 is 10.0 Å². The van der Waals surface area contributed by atoms with Crippen molar-refractivity contribution < 1.29 is 13.5 Å². The molecule has 0 heterocycles. The number of likely N-dealkylation sites (N-methyl/N-ethyl adjacent to an activating group) is 1. The smallest absolute Gasteiger partial charge is 0.214 e. The van der Waals surface area contributed by atoms with E-state index in [0.29, 0.717) is 25.3 Å². The largest absolute Gasteiger partial charge is 0.395 e. The highest BCUT2D eigenvalue weighted by Gasteiger charge is 2.18. The third-order valence-corrected chi connectivity index (χ3v) is 4.18. The van der Waals surface area contributed by atoms with Gasteiger partial charge in [0.15, 0.2) is 0 Å². The van der Waals surface area contributed by atoms with Gasteiger partial charge in [-0.25, -0.2) is 8.42 Å². The second-order valence-corrected chi connectivity index (χ2v) is 5.39. The molecule has 0 saturated heterocycles. The molecule has 0 spiro atoms. The van der Waals surface area contributed by atoms with Gasteiger partial charge in [-0.15, -0.1) is 11.6 Å². The molecule has 0 atom stereocenters. The van der Waals surface area contributed by atoms with Gasteiger partial charge in [0.1, 0.15) is 0 Å². The summed E-state index contributed by atoms with van der Waals surface area (Å²) in [7, 11) is -3.19. The Kier molecular flexibility index (Phi) is 7.54. The van der Waals surface area contributed by atoms with Crippen molar-refractivity contribution in [1.82, 2.24) is 4.31 Å². The Labute approximate surface area is 90.9 Å². The van der Waals surface area contributed by atoms with E-state index >= 15 is 0 Å². The summed E-state index contributed by atoms with van der Waals surface area (Å²) in [5.41, 5.74) is 0. The van der Waals surface area contributed by atoms with Crippen LogP contribution in [-0.4, -0.2) is 49.2 Å². The Hall–Kier alpha value is 0.160. The fourth-order valence-electron chi connectivity index (χ4n) is 1.11. The molecule has 0 aliphatic rings. The van der Waals surface area contributed by atoms with Gasteiger partial charge in [-0.3, -0.25) is 0 Å². The Morgan fingerprint density at radius 2 is 2.00 bits per heavy atom. The summed E-state index contributed by atoms with van der Waals surface area (Å²) in [6.07, 6.45) is 1.28. The standard InChI is InChI=1S/C8H18ClNO3S/c1-2-10(6-7-11)14(12,13)8-4-3-5-9/h11H,2-8H2,1H3. The average Bonchev–Trinajstić information content (AvgIpc) is 2.14. The summed E-state index contributed by atoms with van der Waals surface area (Å²) in [4.78, 5) is 0. The highest BCUT2D eigenvalue weighted by atomic mass is 35.5. The molecule has 0 aromatic heterocycles. The number of unbranched alkanes of at least 4 members (excludes halogenated alkanes) is 1. The maximum atomic E-state index is 11.6. The molecule has 0 fully saturated rings. The van der Waals surface area contributed by atoms with Crippen LogP contribution < -0.4 is 0 Å². The summed E-state index contributed by atoms with van der Waals surface area (Å²) >= 11 is 5.46. The third kappa shape index (κ3) is 5.14. The summed E-state index contributed by atoms with van der Waals surface area (Å²) in [5.74, 6) is 0.606. The average molecular weight is 244 g/mol. The first-order valence-corrected chi connectivity index (χ1v) is 6.87. The minimum atomic E-state index is -3.19. The van der Waals surface area contributed by atoms with Crippen LogP contribution in [0.4, 0.5) is 0 Å². The zero-order chi connectivity index (χ0) is 11.0. The van der Waals surface area contributed by atoms with Crippen LogP contribution in [0.15, 0.2) is 0 Å². The molecule has 0 radical (unpaired) electrons. The predicted octanol–water partition coefficient (Wildman–Crippen LogP) is 0.649. The molecule has 0 saturated carbocycles. The molecule has 0 amide bonds. The van der Waals surface area contributed by atoms with Crippen molar-refractivity contribution in [3.63, 3.8) is 0 Å². The van der Waals surface area contributed by atoms with E-state index in [1.807, 2.05) is 0 Å². The number of aliphatic hydroxyl groups is 1. The lowest BCUT2D eigenvalue weighted by Crippen LogP contribution is -2.35. The Morgan fingerprint density at radius 3 is 2.43 bits per heavy atom. The molecule has 0 aliphatic carbocycles. The molecule has 0 rings (SSSR count). The van der Waals surface area contributed by atoms with E-state index in [1.54, 1.807) is 6.92 Å². The molecule has 1 N–H and O–H groups in total. The van der Waals surface area contributed by atoms with Crippen molar-refractivity contribution in [2.24, 2.45) is 0 Å². The minimum Gasteiger partial charge on any atom is -0.395 e. The van der Waals surface area contributed by atoms with E-state index in [9.17, 15) is 8.42 Å². The molecule has 0 aliphatic heterocycles. The van der Waals surface area contributed by atoms with Gasteiger partial charge in [-0.1, -0.05) is 6.92 Å². The van der Waals surface area contributed by atoms with E-state index in [2.05, 4.69) is 0 Å². The SMILES string of the molecule is CCN(CCO)S(=O)(=O)CCCCCl.